The van der Waals surface area contributed by atoms with Gasteiger partial charge < -0.3 is 11.1 Å². The fraction of sp³-hybridized carbons (Fsp3) is 0.188. The Balaban J connectivity index is 1.57. The van der Waals surface area contributed by atoms with Crippen LogP contribution in [0.1, 0.15) is 32.9 Å². The number of hydrogen-bond acceptors (Lipinski definition) is 5. The highest BCUT2D eigenvalue weighted by atomic mass is 28.3. The molecular weight excluding hydrogens is 542 g/mol. The number of nitrogens with zero attached hydrogens (tertiary/aromatic N) is 5. The van der Waals surface area contributed by atoms with E-state index in [0.29, 0.717) is 28.0 Å². The minimum Gasteiger partial charge on any atom is -0.382 e. The molecular formula is C32H31N7O2Si. The molecule has 5 aromatic rings. The number of benzene rings is 2. The lowest BCUT2D eigenvalue weighted by Crippen LogP contribution is -2.30. The van der Waals surface area contributed by atoms with Crippen molar-refractivity contribution >= 4 is 30.6 Å². The number of aromatic nitrogens is 5. The molecule has 0 spiro atoms. The number of nitrogen functional groups attached to an aromatic ring is 1. The first-order chi connectivity index (χ1) is 20.0. The van der Waals surface area contributed by atoms with E-state index < -0.39 is 14.0 Å². The van der Waals surface area contributed by atoms with Crippen molar-refractivity contribution in [2.75, 3.05) is 5.73 Å². The molecule has 42 heavy (non-hydrogen) atoms. The normalized spacial score (nSPS) is 11.0. The number of nitrogens with two attached hydrogens (primary N) is 1. The van der Waals surface area contributed by atoms with E-state index in [1.165, 1.54) is 4.68 Å². The Morgan fingerprint density at radius 2 is 1.79 bits per heavy atom. The van der Waals surface area contributed by atoms with Gasteiger partial charge in [-0.05, 0) is 29.7 Å². The van der Waals surface area contributed by atoms with E-state index >= 15 is 0 Å². The predicted octanol–water partition coefficient (Wildman–Crippen LogP) is 3.60. The number of para-hydroxylation sites is 1. The number of anilines is 1. The summed E-state index contributed by atoms with van der Waals surface area (Å²) in [6.45, 7) is 6.44. The van der Waals surface area contributed by atoms with E-state index in [0.717, 1.165) is 10.9 Å². The van der Waals surface area contributed by atoms with Gasteiger partial charge in [0.05, 0.1) is 23.7 Å². The molecule has 3 aromatic heterocycles. The minimum absolute atomic E-state index is 0.0692. The van der Waals surface area contributed by atoms with E-state index in [2.05, 4.69) is 58.5 Å². The van der Waals surface area contributed by atoms with Gasteiger partial charge in [-0.3, -0.25) is 23.5 Å². The zero-order chi connectivity index (χ0) is 30.0. The van der Waals surface area contributed by atoms with Gasteiger partial charge in [0, 0.05) is 37.2 Å². The van der Waals surface area contributed by atoms with Gasteiger partial charge in [-0.25, -0.2) is 0 Å². The molecule has 3 N–H and O–H groups in total. The van der Waals surface area contributed by atoms with Crippen LogP contribution < -0.4 is 16.6 Å². The van der Waals surface area contributed by atoms with Crippen molar-refractivity contribution in [2.24, 2.45) is 14.1 Å². The molecule has 1 amide bonds. The highest BCUT2D eigenvalue weighted by molar-refractivity contribution is 6.83. The fourth-order valence-corrected chi connectivity index (χ4v) is 5.05. The molecule has 9 nitrogen and oxygen atoms in total. The number of fused-ring (bicyclic) bond motifs is 1. The Hall–Kier alpha value is -5.32. The zero-order valence-corrected chi connectivity index (χ0v) is 25.2. The molecule has 0 radical (unpaired) electrons. The van der Waals surface area contributed by atoms with Gasteiger partial charge in [0.15, 0.2) is 5.82 Å². The molecule has 0 aliphatic rings. The lowest BCUT2D eigenvalue weighted by atomic mass is 10.0. The van der Waals surface area contributed by atoms with Crippen LogP contribution >= 0.6 is 0 Å². The van der Waals surface area contributed by atoms with Crippen molar-refractivity contribution in [3.05, 3.63) is 105 Å². The van der Waals surface area contributed by atoms with Crippen LogP contribution in [0.4, 0.5) is 5.82 Å². The van der Waals surface area contributed by atoms with Crippen LogP contribution in [0, 0.1) is 23.3 Å². The second kappa shape index (κ2) is 11.3. The maximum Gasteiger partial charge on any atom is 0.264 e. The third kappa shape index (κ3) is 5.90. The van der Waals surface area contributed by atoms with Gasteiger partial charge in [0.2, 0.25) is 0 Å². The molecule has 10 heteroatoms. The van der Waals surface area contributed by atoms with Crippen LogP contribution in [0.5, 0.6) is 0 Å². The fourth-order valence-electron chi connectivity index (χ4n) is 4.55. The van der Waals surface area contributed by atoms with Crippen LogP contribution in [0.3, 0.4) is 0 Å². The quantitative estimate of drug-likeness (QED) is 0.252. The van der Waals surface area contributed by atoms with Crippen molar-refractivity contribution in [3.63, 3.8) is 0 Å². The second-order valence-electron chi connectivity index (χ2n) is 10.9. The van der Waals surface area contributed by atoms with Crippen molar-refractivity contribution in [3.8, 4) is 29.0 Å². The minimum atomic E-state index is -1.72. The smallest absolute Gasteiger partial charge is 0.264 e. The number of aryl methyl sites for hydroxylation is 2. The van der Waals surface area contributed by atoms with E-state index in [9.17, 15) is 9.59 Å². The van der Waals surface area contributed by atoms with Crippen LogP contribution in [-0.4, -0.2) is 38.1 Å². The molecule has 0 aliphatic carbocycles. The Morgan fingerprint density at radius 3 is 2.48 bits per heavy atom. The molecule has 0 aliphatic heterocycles. The average Bonchev–Trinajstić information content (AvgIpc) is 3.49. The first-order valence-electron chi connectivity index (χ1n) is 13.4. The maximum atomic E-state index is 14.1. The van der Waals surface area contributed by atoms with Crippen molar-refractivity contribution in [2.45, 2.75) is 26.2 Å². The summed E-state index contributed by atoms with van der Waals surface area (Å²) in [5, 5.41) is 12.6. The summed E-state index contributed by atoms with van der Waals surface area (Å²) in [5.41, 5.74) is 12.5. The number of nitrogens with one attached hydrogen (secondary N) is 1. The highest BCUT2D eigenvalue weighted by Gasteiger charge is 2.22. The van der Waals surface area contributed by atoms with Crippen LogP contribution in [0.15, 0.2) is 71.8 Å². The van der Waals surface area contributed by atoms with Gasteiger partial charge in [-0.1, -0.05) is 67.7 Å². The molecule has 0 fully saturated rings. The van der Waals surface area contributed by atoms with Gasteiger partial charge in [0.1, 0.15) is 19.3 Å². The number of amides is 1. The van der Waals surface area contributed by atoms with Gasteiger partial charge in [0.25, 0.3) is 11.5 Å². The van der Waals surface area contributed by atoms with E-state index in [1.54, 1.807) is 22.5 Å². The number of hydrogen-bond donors (Lipinski definition) is 2. The predicted molar refractivity (Wildman–Crippen MR) is 168 cm³/mol. The van der Waals surface area contributed by atoms with Crippen LogP contribution in [0.25, 0.3) is 16.5 Å². The van der Waals surface area contributed by atoms with Crippen LogP contribution in [0.2, 0.25) is 19.6 Å². The summed E-state index contributed by atoms with van der Waals surface area (Å²) in [6, 6.07) is 16.8. The molecule has 0 bridgehead atoms. The van der Waals surface area contributed by atoms with Gasteiger partial charge >= 0.3 is 0 Å². The van der Waals surface area contributed by atoms with Crippen molar-refractivity contribution in [1.82, 2.24) is 29.4 Å². The largest absolute Gasteiger partial charge is 0.382 e. The molecule has 0 atom stereocenters. The van der Waals surface area contributed by atoms with Gasteiger partial charge in [-0.2, -0.15) is 10.2 Å². The number of pyridine rings is 1. The maximum absolute atomic E-state index is 14.1. The topological polar surface area (TPSA) is 113 Å². The molecule has 210 valence electrons. The summed E-state index contributed by atoms with van der Waals surface area (Å²) in [5.74, 6) is 9.05. The highest BCUT2D eigenvalue weighted by Crippen LogP contribution is 2.20. The Morgan fingerprint density at radius 1 is 1.02 bits per heavy atom. The summed E-state index contributed by atoms with van der Waals surface area (Å²) >= 11 is 0. The summed E-state index contributed by atoms with van der Waals surface area (Å²) in [6.07, 6.45) is 3.50. The van der Waals surface area contributed by atoms with Gasteiger partial charge in [-0.15, -0.1) is 5.54 Å². The lowest BCUT2D eigenvalue weighted by Gasteiger charge is -2.16. The Bertz CT molecular complexity index is 2010. The standard InChI is InChI=1S/C32H31N7O2Si/c1-37-21-22(19-35-37)14-15-23-10-9-11-24-18-26(39(32(41)28(23)24)25-12-7-6-8-13-25)20-34-31(40)29-27(16-17-42(3,4)5)38(2)36-30(29)33/h6-13,18-19,21H,20H2,1-5H3,(H2,33,36)(H,34,40). The average molecular weight is 574 g/mol. The first kappa shape index (κ1) is 28.2. The molecule has 2 aromatic carbocycles. The lowest BCUT2D eigenvalue weighted by molar-refractivity contribution is 0.0950. The summed E-state index contributed by atoms with van der Waals surface area (Å²) < 4.78 is 4.81. The molecule has 5 rings (SSSR count). The Kier molecular flexibility index (Phi) is 7.58. The molecule has 0 saturated heterocycles. The Labute approximate surface area is 245 Å². The van der Waals surface area contributed by atoms with Crippen molar-refractivity contribution in [1.29, 1.82) is 0 Å². The first-order valence-corrected chi connectivity index (χ1v) is 16.9. The second-order valence-corrected chi connectivity index (χ2v) is 15.7. The number of rotatable bonds is 4. The van der Waals surface area contributed by atoms with E-state index in [-0.39, 0.29) is 23.5 Å². The SMILES string of the molecule is Cn1cc(C#Cc2cccc3cc(CNC(=O)c4c(N)nn(C)c4C#C[Si](C)(C)C)n(-c4ccccc4)c(=O)c23)cn1. The third-order valence-electron chi connectivity index (χ3n) is 6.47. The summed E-state index contributed by atoms with van der Waals surface area (Å²) in [7, 11) is 1.82. The molecule has 0 unspecified atom stereocenters. The number of carbonyl (C=O) groups excluding carboxylic acids is 1. The molecule has 0 saturated carbocycles. The number of carbonyl (C=O) groups is 1. The molecule has 3 heterocycles. The van der Waals surface area contributed by atoms with Crippen molar-refractivity contribution < 1.29 is 4.79 Å². The third-order valence-corrected chi connectivity index (χ3v) is 7.35. The van der Waals surface area contributed by atoms with Crippen LogP contribution in [-0.2, 0) is 20.6 Å². The zero-order valence-electron chi connectivity index (χ0n) is 24.2. The monoisotopic (exact) mass is 573 g/mol. The van der Waals surface area contributed by atoms with E-state index in [4.69, 9.17) is 5.73 Å². The van der Waals surface area contributed by atoms with E-state index in [1.807, 2.05) is 67.8 Å². The summed E-state index contributed by atoms with van der Waals surface area (Å²) in [4.78, 5) is 27.6.